The van der Waals surface area contributed by atoms with Crippen molar-refractivity contribution in [1.29, 1.82) is 0 Å². The molecule has 0 amide bonds. The van der Waals surface area contributed by atoms with Gasteiger partial charge >= 0.3 is 0 Å². The van der Waals surface area contributed by atoms with Gasteiger partial charge in [0.1, 0.15) is 11.2 Å². The number of nitrogens with zero attached hydrogens (tertiary/aromatic N) is 2. The van der Waals surface area contributed by atoms with E-state index in [0.29, 0.717) is 11.8 Å². The highest BCUT2D eigenvalue weighted by Crippen LogP contribution is 2.40. The molecule has 0 aliphatic heterocycles. The fourth-order valence-corrected chi connectivity index (χ4v) is 4.94. The second kappa shape index (κ2) is 6.80. The summed E-state index contributed by atoms with van der Waals surface area (Å²) in [4.78, 5) is 23.7. The number of thiophene rings is 1. The highest BCUT2D eigenvalue weighted by atomic mass is 32.1. The first-order valence-electron chi connectivity index (χ1n) is 9.01. The van der Waals surface area contributed by atoms with Gasteiger partial charge in [-0.25, -0.2) is 9.97 Å². The van der Waals surface area contributed by atoms with Gasteiger partial charge in [-0.2, -0.15) is 0 Å². The third kappa shape index (κ3) is 3.12. The maximum atomic E-state index is 12.6. The standard InChI is InChI=1S/C21H22N2O2S/c1-12-4-6-14(3)16(8-12)17(24)10-25-20-19-15-7-5-13(2)9-18(15)26-21(19)23-11-22-20/h4,6,8,11,13H,5,7,9-10H2,1-3H3. The van der Waals surface area contributed by atoms with Crippen LogP contribution in [0.25, 0.3) is 10.2 Å². The lowest BCUT2D eigenvalue weighted by Gasteiger charge is -2.18. The molecule has 1 aliphatic rings. The molecule has 3 aromatic rings. The van der Waals surface area contributed by atoms with Gasteiger partial charge in [0.05, 0.1) is 5.39 Å². The number of benzene rings is 1. The molecular formula is C21H22N2O2S. The SMILES string of the molecule is Cc1ccc(C)c(C(=O)COc2ncnc3sc4c(c23)CCC(C)C4)c1. The van der Waals surface area contributed by atoms with E-state index in [-0.39, 0.29) is 12.4 Å². The van der Waals surface area contributed by atoms with E-state index in [9.17, 15) is 4.79 Å². The smallest absolute Gasteiger partial charge is 0.226 e. The van der Waals surface area contributed by atoms with E-state index in [2.05, 4.69) is 16.9 Å². The monoisotopic (exact) mass is 366 g/mol. The molecule has 4 rings (SSSR count). The Morgan fingerprint density at radius 3 is 3.00 bits per heavy atom. The number of fused-ring (bicyclic) bond motifs is 3. The molecule has 2 aromatic heterocycles. The molecule has 5 heteroatoms. The van der Waals surface area contributed by atoms with Crippen molar-refractivity contribution in [1.82, 2.24) is 9.97 Å². The minimum atomic E-state index is -0.0179. The molecule has 0 bridgehead atoms. The van der Waals surface area contributed by atoms with Crippen LogP contribution in [0.2, 0.25) is 0 Å². The van der Waals surface area contributed by atoms with Crippen molar-refractivity contribution in [2.45, 2.75) is 40.0 Å². The van der Waals surface area contributed by atoms with E-state index in [1.807, 2.05) is 32.0 Å². The van der Waals surface area contributed by atoms with Gasteiger partial charge in [-0.05, 0) is 56.2 Å². The lowest BCUT2D eigenvalue weighted by Crippen LogP contribution is -2.14. The van der Waals surface area contributed by atoms with Crippen LogP contribution in [0.5, 0.6) is 5.88 Å². The molecule has 134 valence electrons. The zero-order valence-electron chi connectivity index (χ0n) is 15.3. The number of ether oxygens (including phenoxy) is 1. The number of carbonyl (C=O) groups excluding carboxylic acids is 1. The maximum absolute atomic E-state index is 12.6. The second-order valence-corrected chi connectivity index (χ2v) is 8.32. The predicted molar refractivity (Wildman–Crippen MR) is 104 cm³/mol. The summed E-state index contributed by atoms with van der Waals surface area (Å²) in [6.07, 6.45) is 4.84. The van der Waals surface area contributed by atoms with Gasteiger partial charge in [-0.1, -0.05) is 24.6 Å². The number of carbonyl (C=O) groups is 1. The van der Waals surface area contributed by atoms with Crippen LogP contribution in [0.15, 0.2) is 24.5 Å². The summed E-state index contributed by atoms with van der Waals surface area (Å²) in [5.74, 6) is 1.23. The topological polar surface area (TPSA) is 52.1 Å². The van der Waals surface area contributed by atoms with Gasteiger partial charge in [0.15, 0.2) is 6.61 Å². The summed E-state index contributed by atoms with van der Waals surface area (Å²) in [5, 5.41) is 1.01. The third-order valence-corrected chi connectivity index (χ3v) is 6.25. The molecule has 0 N–H and O–H groups in total. The molecule has 2 heterocycles. The summed E-state index contributed by atoms with van der Waals surface area (Å²) >= 11 is 1.74. The van der Waals surface area contributed by atoms with Crippen LogP contribution in [0, 0.1) is 19.8 Å². The van der Waals surface area contributed by atoms with Crippen molar-refractivity contribution in [3.8, 4) is 5.88 Å². The lowest BCUT2D eigenvalue weighted by molar-refractivity contribution is 0.0918. The van der Waals surface area contributed by atoms with Crippen molar-refractivity contribution < 1.29 is 9.53 Å². The number of hydrogen-bond donors (Lipinski definition) is 0. The van der Waals surface area contributed by atoms with Gasteiger partial charge in [0, 0.05) is 10.4 Å². The minimum Gasteiger partial charge on any atom is -0.469 e. The van der Waals surface area contributed by atoms with E-state index in [1.165, 1.54) is 23.2 Å². The Labute approximate surface area is 157 Å². The molecule has 1 aromatic carbocycles. The molecule has 4 nitrogen and oxygen atoms in total. The fraction of sp³-hybridized carbons (Fsp3) is 0.381. The van der Waals surface area contributed by atoms with Crippen LogP contribution in [0.3, 0.4) is 0 Å². The Bertz CT molecular complexity index is 993. The van der Waals surface area contributed by atoms with Gasteiger partial charge in [0.25, 0.3) is 0 Å². The predicted octanol–water partition coefficient (Wildman–Crippen LogP) is 4.69. The van der Waals surface area contributed by atoms with Crippen molar-refractivity contribution in [2.75, 3.05) is 6.61 Å². The first kappa shape index (κ1) is 17.2. The molecule has 1 unspecified atom stereocenters. The lowest BCUT2D eigenvalue weighted by atomic mass is 9.89. The normalized spacial score (nSPS) is 16.5. The molecule has 0 radical (unpaired) electrons. The third-order valence-electron chi connectivity index (χ3n) is 5.09. The summed E-state index contributed by atoms with van der Waals surface area (Å²) < 4.78 is 5.89. The van der Waals surface area contributed by atoms with E-state index >= 15 is 0 Å². The van der Waals surface area contributed by atoms with Gasteiger partial charge in [-0.15, -0.1) is 11.3 Å². The van der Waals surface area contributed by atoms with Gasteiger partial charge in [0.2, 0.25) is 11.7 Å². The van der Waals surface area contributed by atoms with Crippen LogP contribution in [-0.2, 0) is 12.8 Å². The minimum absolute atomic E-state index is 0.00255. The molecule has 0 spiro atoms. The summed E-state index contributed by atoms with van der Waals surface area (Å²) in [5.41, 5.74) is 4.08. The Morgan fingerprint density at radius 2 is 2.15 bits per heavy atom. The molecule has 0 saturated carbocycles. The first-order chi connectivity index (χ1) is 12.5. The maximum Gasteiger partial charge on any atom is 0.226 e. The molecule has 1 atom stereocenters. The summed E-state index contributed by atoms with van der Waals surface area (Å²) in [7, 11) is 0. The number of ketones is 1. The highest BCUT2D eigenvalue weighted by molar-refractivity contribution is 7.18. The highest BCUT2D eigenvalue weighted by Gasteiger charge is 2.24. The fourth-order valence-electron chi connectivity index (χ4n) is 3.60. The average molecular weight is 366 g/mol. The zero-order valence-corrected chi connectivity index (χ0v) is 16.2. The Kier molecular flexibility index (Phi) is 4.49. The number of Topliss-reactive ketones (excluding diaryl/α,β-unsaturated/α-hetero) is 1. The number of hydrogen-bond acceptors (Lipinski definition) is 5. The van der Waals surface area contributed by atoms with E-state index in [1.54, 1.807) is 11.3 Å². The van der Waals surface area contributed by atoms with Crippen LogP contribution in [0.4, 0.5) is 0 Å². The molecular weight excluding hydrogens is 344 g/mol. The molecule has 26 heavy (non-hydrogen) atoms. The molecule has 0 fully saturated rings. The van der Waals surface area contributed by atoms with Crippen molar-refractivity contribution >= 4 is 27.3 Å². The quantitative estimate of drug-likeness (QED) is 0.628. The van der Waals surface area contributed by atoms with Crippen LogP contribution in [-0.4, -0.2) is 22.4 Å². The Morgan fingerprint density at radius 1 is 1.31 bits per heavy atom. The molecule has 1 aliphatic carbocycles. The van der Waals surface area contributed by atoms with E-state index in [4.69, 9.17) is 4.74 Å². The number of rotatable bonds is 4. The largest absolute Gasteiger partial charge is 0.469 e. The average Bonchev–Trinajstić information content (AvgIpc) is 2.99. The Hall–Kier alpha value is -2.27. The summed E-state index contributed by atoms with van der Waals surface area (Å²) in [6, 6.07) is 5.91. The second-order valence-electron chi connectivity index (χ2n) is 7.24. The van der Waals surface area contributed by atoms with Crippen LogP contribution < -0.4 is 4.74 Å². The first-order valence-corrected chi connectivity index (χ1v) is 9.83. The van der Waals surface area contributed by atoms with Gasteiger partial charge < -0.3 is 4.74 Å². The number of aromatic nitrogens is 2. The number of aryl methyl sites for hydroxylation is 3. The van der Waals surface area contributed by atoms with Crippen LogP contribution >= 0.6 is 11.3 Å². The van der Waals surface area contributed by atoms with Crippen molar-refractivity contribution in [3.63, 3.8) is 0 Å². The van der Waals surface area contributed by atoms with Crippen molar-refractivity contribution in [2.24, 2.45) is 5.92 Å². The van der Waals surface area contributed by atoms with Gasteiger partial charge in [-0.3, -0.25) is 4.79 Å². The Balaban J connectivity index is 1.62. The zero-order chi connectivity index (χ0) is 18.3. The van der Waals surface area contributed by atoms with E-state index < -0.39 is 0 Å². The van der Waals surface area contributed by atoms with Crippen molar-refractivity contribution in [3.05, 3.63) is 51.7 Å². The van der Waals surface area contributed by atoms with Crippen LogP contribution in [0.1, 0.15) is 45.3 Å². The van der Waals surface area contributed by atoms with E-state index in [0.717, 1.165) is 39.7 Å². The summed E-state index contributed by atoms with van der Waals surface area (Å²) in [6.45, 7) is 6.23. The molecule has 0 saturated heterocycles.